The fraction of sp³-hybridized carbons (Fsp3) is 0.250. The summed E-state index contributed by atoms with van der Waals surface area (Å²) in [6.07, 6.45) is 0. The first-order valence-electron chi connectivity index (χ1n) is 9.04. The van der Waals surface area contributed by atoms with Crippen LogP contribution in [-0.2, 0) is 6.54 Å². The largest absolute Gasteiger partial charge is 0.357 e. The summed E-state index contributed by atoms with van der Waals surface area (Å²) in [6, 6.07) is 10.6. The molecule has 0 aliphatic carbocycles. The summed E-state index contributed by atoms with van der Waals surface area (Å²) in [7, 11) is 0. The van der Waals surface area contributed by atoms with E-state index in [1.165, 1.54) is 6.07 Å². The van der Waals surface area contributed by atoms with Gasteiger partial charge in [0.15, 0.2) is 17.6 Å². The molecule has 0 radical (unpaired) electrons. The van der Waals surface area contributed by atoms with Gasteiger partial charge in [-0.15, -0.1) is 24.0 Å². The van der Waals surface area contributed by atoms with E-state index in [1.807, 2.05) is 13.8 Å². The van der Waals surface area contributed by atoms with Crippen molar-refractivity contribution >= 4 is 41.5 Å². The predicted molar refractivity (Wildman–Crippen MR) is 123 cm³/mol. The summed E-state index contributed by atoms with van der Waals surface area (Å²) in [6.45, 7) is 4.52. The van der Waals surface area contributed by atoms with Gasteiger partial charge in [0.05, 0.1) is 6.04 Å². The fourth-order valence-corrected chi connectivity index (χ4v) is 2.70. The van der Waals surface area contributed by atoms with Crippen molar-refractivity contribution in [2.75, 3.05) is 6.54 Å². The zero-order chi connectivity index (χ0) is 20.8. The van der Waals surface area contributed by atoms with E-state index < -0.39 is 11.6 Å². The molecule has 2 N–H and O–H groups in total. The van der Waals surface area contributed by atoms with E-state index in [2.05, 4.69) is 25.8 Å². The van der Waals surface area contributed by atoms with Crippen LogP contribution in [-0.4, -0.2) is 22.6 Å². The highest BCUT2D eigenvalue weighted by atomic mass is 127. The zero-order valence-corrected chi connectivity index (χ0v) is 19.4. The number of hydrogen-bond donors (Lipinski definition) is 2. The Morgan fingerprint density at radius 3 is 2.57 bits per heavy atom. The third kappa shape index (κ3) is 6.36. The Kier molecular flexibility index (Phi) is 8.97. The van der Waals surface area contributed by atoms with Crippen molar-refractivity contribution in [2.24, 2.45) is 4.99 Å². The average Bonchev–Trinajstić information content (AvgIpc) is 3.18. The molecule has 6 nitrogen and oxygen atoms in total. The zero-order valence-electron chi connectivity index (χ0n) is 16.3. The molecule has 0 amide bonds. The minimum Gasteiger partial charge on any atom is -0.357 e. The van der Waals surface area contributed by atoms with Crippen molar-refractivity contribution in [3.8, 4) is 11.4 Å². The maximum atomic E-state index is 13.5. The normalized spacial score (nSPS) is 12.2. The van der Waals surface area contributed by atoms with E-state index in [4.69, 9.17) is 16.1 Å². The molecular weight excluding hydrogens is 527 g/mol. The molecular formula is C20H21ClF2IN5O. The molecule has 1 unspecified atom stereocenters. The number of rotatable bonds is 6. The van der Waals surface area contributed by atoms with Gasteiger partial charge in [-0.05, 0) is 55.8 Å². The Morgan fingerprint density at radius 1 is 1.17 bits per heavy atom. The molecule has 0 saturated heterocycles. The number of aliphatic imine (C=N–C) groups is 1. The first-order chi connectivity index (χ1) is 14.0. The number of benzene rings is 2. The highest BCUT2D eigenvalue weighted by molar-refractivity contribution is 14.0. The summed E-state index contributed by atoms with van der Waals surface area (Å²) in [5.74, 6) is -0.503. The van der Waals surface area contributed by atoms with Crippen LogP contribution >= 0.6 is 35.6 Å². The molecule has 3 aromatic rings. The van der Waals surface area contributed by atoms with Gasteiger partial charge in [-0.2, -0.15) is 4.98 Å². The number of nitrogens with one attached hydrogen (secondary N) is 2. The molecule has 1 aromatic heterocycles. The Bertz CT molecular complexity index is 997. The SMILES string of the molecule is CCNC(=NCc1nc(-c2ccc(Cl)cc2)no1)NC(C)c1ccc(F)c(F)c1.I. The molecule has 10 heteroatoms. The van der Waals surface area contributed by atoms with Gasteiger partial charge in [-0.25, -0.2) is 13.8 Å². The summed E-state index contributed by atoms with van der Waals surface area (Å²) in [4.78, 5) is 8.75. The molecule has 0 aliphatic heterocycles. The number of hydrogen-bond acceptors (Lipinski definition) is 4. The minimum absolute atomic E-state index is 0. The van der Waals surface area contributed by atoms with Crippen LogP contribution in [0, 0.1) is 11.6 Å². The molecule has 3 rings (SSSR count). The van der Waals surface area contributed by atoms with Gasteiger partial charge >= 0.3 is 0 Å². The Morgan fingerprint density at radius 2 is 1.90 bits per heavy atom. The van der Waals surface area contributed by atoms with Gasteiger partial charge in [-0.3, -0.25) is 0 Å². The standard InChI is InChI=1S/C20H20ClF2N5O.HI/c1-3-24-20(26-12(2)14-6-9-16(22)17(23)10-14)25-11-18-27-19(28-29-18)13-4-7-15(21)8-5-13;/h4-10,12H,3,11H2,1-2H3,(H2,24,25,26);1H. The Balaban J connectivity index is 0.00000320. The molecule has 0 bridgehead atoms. The van der Waals surface area contributed by atoms with Crippen molar-refractivity contribution in [3.05, 3.63) is 70.6 Å². The maximum Gasteiger partial charge on any atom is 0.248 e. The van der Waals surface area contributed by atoms with E-state index in [0.29, 0.717) is 34.8 Å². The first-order valence-corrected chi connectivity index (χ1v) is 9.42. The number of halogens is 4. The number of guanidine groups is 1. The van der Waals surface area contributed by atoms with Gasteiger partial charge < -0.3 is 15.2 Å². The quantitative estimate of drug-likeness (QED) is 0.255. The summed E-state index contributed by atoms with van der Waals surface area (Å²) >= 11 is 5.89. The van der Waals surface area contributed by atoms with Gasteiger partial charge in [0.25, 0.3) is 0 Å². The second kappa shape index (κ2) is 11.2. The minimum atomic E-state index is -0.890. The van der Waals surface area contributed by atoms with Crippen LogP contribution in [0.25, 0.3) is 11.4 Å². The van der Waals surface area contributed by atoms with Crippen molar-refractivity contribution in [1.82, 2.24) is 20.8 Å². The third-order valence-corrected chi connectivity index (χ3v) is 4.34. The molecule has 2 aromatic carbocycles. The molecule has 30 heavy (non-hydrogen) atoms. The molecule has 0 aliphatic rings. The molecule has 160 valence electrons. The van der Waals surface area contributed by atoms with Gasteiger partial charge in [0.2, 0.25) is 11.7 Å². The van der Waals surface area contributed by atoms with E-state index in [-0.39, 0.29) is 36.6 Å². The van der Waals surface area contributed by atoms with E-state index in [0.717, 1.165) is 17.7 Å². The second-order valence-corrected chi connectivity index (χ2v) is 6.69. The van der Waals surface area contributed by atoms with E-state index >= 15 is 0 Å². The van der Waals surface area contributed by atoms with Crippen LogP contribution in [0.1, 0.15) is 31.3 Å². The summed E-state index contributed by atoms with van der Waals surface area (Å²) in [5.41, 5.74) is 1.38. The number of aromatic nitrogens is 2. The van der Waals surface area contributed by atoms with E-state index in [1.54, 1.807) is 24.3 Å². The highest BCUT2D eigenvalue weighted by Gasteiger charge is 2.12. The monoisotopic (exact) mass is 547 g/mol. The third-order valence-electron chi connectivity index (χ3n) is 4.08. The van der Waals surface area contributed by atoms with Gasteiger partial charge in [0.1, 0.15) is 6.54 Å². The second-order valence-electron chi connectivity index (χ2n) is 6.25. The lowest BCUT2D eigenvalue weighted by atomic mass is 10.1. The van der Waals surface area contributed by atoms with Crippen LogP contribution in [0.5, 0.6) is 0 Å². The van der Waals surface area contributed by atoms with Crippen LogP contribution in [0.15, 0.2) is 52.0 Å². The van der Waals surface area contributed by atoms with E-state index in [9.17, 15) is 8.78 Å². The fourth-order valence-electron chi connectivity index (χ4n) is 2.57. The Labute approximate surface area is 195 Å². The number of nitrogens with zero attached hydrogens (tertiary/aromatic N) is 3. The van der Waals surface area contributed by atoms with Crippen molar-refractivity contribution in [3.63, 3.8) is 0 Å². The highest BCUT2D eigenvalue weighted by Crippen LogP contribution is 2.19. The summed E-state index contributed by atoms with van der Waals surface area (Å²) < 4.78 is 31.9. The van der Waals surface area contributed by atoms with Crippen molar-refractivity contribution in [1.29, 1.82) is 0 Å². The lowest BCUT2D eigenvalue weighted by molar-refractivity contribution is 0.380. The Hall–Kier alpha value is -2.27. The van der Waals surface area contributed by atoms with Crippen molar-refractivity contribution in [2.45, 2.75) is 26.4 Å². The van der Waals surface area contributed by atoms with Gasteiger partial charge in [0, 0.05) is 17.1 Å². The van der Waals surface area contributed by atoms with Crippen LogP contribution < -0.4 is 10.6 Å². The first kappa shape index (κ1) is 24.0. The average molecular weight is 548 g/mol. The lowest BCUT2D eigenvalue weighted by Gasteiger charge is -2.18. The topological polar surface area (TPSA) is 75.3 Å². The molecule has 0 fully saturated rings. The molecule has 1 atom stereocenters. The van der Waals surface area contributed by atoms with Gasteiger partial charge in [-0.1, -0.05) is 22.8 Å². The smallest absolute Gasteiger partial charge is 0.248 e. The van der Waals surface area contributed by atoms with Crippen LogP contribution in [0.3, 0.4) is 0 Å². The predicted octanol–water partition coefficient (Wildman–Crippen LogP) is 5.10. The lowest BCUT2D eigenvalue weighted by Crippen LogP contribution is -2.38. The molecule has 0 spiro atoms. The van der Waals surface area contributed by atoms with Crippen molar-refractivity contribution < 1.29 is 13.3 Å². The molecule has 0 saturated carbocycles. The van der Waals surface area contributed by atoms with Crippen LogP contribution in [0.2, 0.25) is 5.02 Å². The molecule has 1 heterocycles. The van der Waals surface area contributed by atoms with Crippen LogP contribution in [0.4, 0.5) is 8.78 Å². The maximum absolute atomic E-state index is 13.5. The summed E-state index contributed by atoms with van der Waals surface area (Å²) in [5, 5.41) is 10.8.